The second-order valence-corrected chi connectivity index (χ2v) is 16.7. The smallest absolute Gasteiger partial charge is 0.160 e. The zero-order valence-electron chi connectivity index (χ0n) is 35.5. The largest absolute Gasteiger partial charge is 0.457 e. The van der Waals surface area contributed by atoms with Crippen molar-refractivity contribution < 1.29 is 4.74 Å². The van der Waals surface area contributed by atoms with Crippen molar-refractivity contribution in [2.24, 2.45) is 0 Å². The molecule has 3 heterocycles. The number of aromatic nitrogens is 4. The van der Waals surface area contributed by atoms with Crippen LogP contribution in [-0.2, 0) is 5.41 Å². The molecule has 10 aromatic rings. The molecule has 0 radical (unpaired) electrons. The Kier molecular flexibility index (Phi) is 9.78. The molecule has 0 spiro atoms. The Morgan fingerprint density at radius 2 is 0.562 bits per heavy atom. The number of nitrogens with zero attached hydrogens (tertiary/aromatic N) is 4. The van der Waals surface area contributed by atoms with Gasteiger partial charge < -0.3 is 4.74 Å². The van der Waals surface area contributed by atoms with Crippen LogP contribution < -0.4 is 4.74 Å². The first kappa shape index (κ1) is 38.6. The van der Waals surface area contributed by atoms with E-state index in [9.17, 15) is 0 Å². The maximum atomic E-state index is 6.61. The summed E-state index contributed by atoms with van der Waals surface area (Å²) in [5.74, 6) is 3.14. The van der Waals surface area contributed by atoms with E-state index in [0.717, 1.165) is 101 Å². The van der Waals surface area contributed by atoms with Crippen LogP contribution in [0.3, 0.4) is 0 Å². The van der Waals surface area contributed by atoms with Gasteiger partial charge in [0.25, 0.3) is 0 Å². The summed E-state index contributed by atoms with van der Waals surface area (Å²) in [6, 6.07) is 75.5. The summed E-state index contributed by atoms with van der Waals surface area (Å²) in [5.41, 5.74) is 16.1. The second kappa shape index (κ2) is 16.2. The third kappa shape index (κ3) is 7.43. The van der Waals surface area contributed by atoms with Crippen molar-refractivity contribution in [3.8, 4) is 102 Å². The molecule has 64 heavy (non-hydrogen) atoms. The molecule has 0 saturated heterocycles. The molecule has 2 aromatic heterocycles. The van der Waals surface area contributed by atoms with Crippen LogP contribution in [0.25, 0.3) is 90.1 Å². The van der Waals surface area contributed by atoms with Crippen LogP contribution in [0.5, 0.6) is 11.5 Å². The lowest BCUT2D eigenvalue weighted by atomic mass is 9.74. The molecule has 0 amide bonds. The summed E-state index contributed by atoms with van der Waals surface area (Å²) >= 11 is 0. The molecule has 304 valence electrons. The van der Waals surface area contributed by atoms with Gasteiger partial charge in [0.1, 0.15) is 11.5 Å². The first-order valence-corrected chi connectivity index (χ1v) is 21.6. The lowest BCUT2D eigenvalue weighted by Crippen LogP contribution is -2.24. The minimum Gasteiger partial charge on any atom is -0.457 e. The van der Waals surface area contributed by atoms with E-state index in [-0.39, 0.29) is 5.41 Å². The van der Waals surface area contributed by atoms with E-state index >= 15 is 0 Å². The molecule has 0 fully saturated rings. The topological polar surface area (TPSA) is 60.8 Å². The van der Waals surface area contributed by atoms with Gasteiger partial charge in [-0.2, -0.15) is 0 Å². The maximum absolute atomic E-state index is 6.61. The molecule has 8 aromatic carbocycles. The normalized spacial score (nSPS) is 12.5. The molecule has 0 aliphatic carbocycles. The number of ether oxygens (including phenoxy) is 1. The minimum absolute atomic E-state index is 0.325. The number of fused-ring (bicyclic) bond motifs is 2. The van der Waals surface area contributed by atoms with E-state index in [4.69, 9.17) is 24.7 Å². The molecule has 0 bridgehead atoms. The van der Waals surface area contributed by atoms with E-state index in [2.05, 4.69) is 159 Å². The highest BCUT2D eigenvalue weighted by molar-refractivity contribution is 5.77. The molecular weight excluding hydrogens is 781 g/mol. The Bertz CT molecular complexity index is 2940. The molecule has 0 saturated carbocycles. The molecule has 1 aliphatic rings. The average molecular weight is 823 g/mol. The second-order valence-electron chi connectivity index (χ2n) is 16.7. The summed E-state index contributed by atoms with van der Waals surface area (Å²) in [5, 5.41) is 0. The number of hydrogen-bond donors (Lipinski definition) is 0. The molecule has 11 rings (SSSR count). The Hall–Kier alpha value is -8.28. The molecule has 0 unspecified atom stereocenters. The Morgan fingerprint density at radius 3 is 0.875 bits per heavy atom. The highest BCUT2D eigenvalue weighted by Crippen LogP contribution is 2.50. The summed E-state index contributed by atoms with van der Waals surface area (Å²) in [6.07, 6.45) is 0. The first-order valence-electron chi connectivity index (χ1n) is 21.6. The maximum Gasteiger partial charge on any atom is 0.160 e. The van der Waals surface area contributed by atoms with Gasteiger partial charge in [-0.15, -0.1) is 0 Å². The van der Waals surface area contributed by atoms with Crippen molar-refractivity contribution in [1.82, 2.24) is 19.9 Å². The van der Waals surface area contributed by atoms with Crippen LogP contribution in [0.15, 0.2) is 218 Å². The van der Waals surface area contributed by atoms with Gasteiger partial charge in [0, 0.05) is 49.9 Å². The number of hydrogen-bond acceptors (Lipinski definition) is 5. The van der Waals surface area contributed by atoms with Crippen LogP contribution >= 0.6 is 0 Å². The van der Waals surface area contributed by atoms with Crippen LogP contribution in [0.1, 0.15) is 25.0 Å². The fourth-order valence-corrected chi connectivity index (χ4v) is 8.64. The van der Waals surface area contributed by atoms with Crippen molar-refractivity contribution in [3.05, 3.63) is 230 Å². The number of benzene rings is 8. The van der Waals surface area contributed by atoms with Gasteiger partial charge >= 0.3 is 0 Å². The van der Waals surface area contributed by atoms with Gasteiger partial charge in [-0.1, -0.05) is 196 Å². The molecular formula is C59H42N4O. The zero-order chi connectivity index (χ0) is 43.0. The fourth-order valence-electron chi connectivity index (χ4n) is 8.64. The third-order valence-electron chi connectivity index (χ3n) is 12.2. The zero-order valence-corrected chi connectivity index (χ0v) is 35.5. The highest BCUT2D eigenvalue weighted by atomic mass is 16.5. The van der Waals surface area contributed by atoms with E-state index < -0.39 is 0 Å². The predicted octanol–water partition coefficient (Wildman–Crippen LogP) is 15.0. The summed E-state index contributed by atoms with van der Waals surface area (Å²) in [4.78, 5) is 20.2. The van der Waals surface area contributed by atoms with E-state index in [1.54, 1.807) is 0 Å². The Morgan fingerprint density at radius 1 is 0.281 bits per heavy atom. The molecule has 1 aliphatic heterocycles. The summed E-state index contributed by atoms with van der Waals surface area (Å²) in [7, 11) is 0. The van der Waals surface area contributed by atoms with Crippen molar-refractivity contribution >= 4 is 0 Å². The quantitative estimate of drug-likeness (QED) is 0.153. The fraction of sp³-hybridized carbons (Fsp3) is 0.0508. The van der Waals surface area contributed by atoms with Crippen molar-refractivity contribution in [2.75, 3.05) is 0 Å². The molecule has 0 N–H and O–H groups in total. The van der Waals surface area contributed by atoms with Gasteiger partial charge in [-0.25, -0.2) is 19.9 Å². The highest BCUT2D eigenvalue weighted by Gasteiger charge is 2.35. The standard InChI is InChI=1S/C59H42N4O/c1-59(2)49-35-47(39-23-27-45(28-24-39)57-60-51(41-15-7-3-8-16-41)37-52(61-57)42-17-9-4-10-18-42)31-33-55(49)64-56-34-32-48(36-50(56)59)40-25-29-46(30-26-40)58-62-53(43-19-11-5-12-20-43)38-54(63-58)44-21-13-6-14-22-44/h3-38H,1-2H3. The summed E-state index contributed by atoms with van der Waals surface area (Å²) in [6.45, 7) is 4.57. The SMILES string of the molecule is CC1(C)c2cc(-c3ccc(-c4nc(-c5ccccc5)cc(-c5ccccc5)n4)cc3)ccc2Oc2ccc(-c3ccc(-c4nc(-c5ccccc5)cc(-c5ccccc5)n4)cc3)cc21. The molecule has 5 heteroatoms. The van der Waals surface area contributed by atoms with Crippen LogP contribution in [0, 0.1) is 0 Å². The van der Waals surface area contributed by atoms with Crippen molar-refractivity contribution in [3.63, 3.8) is 0 Å². The van der Waals surface area contributed by atoms with Gasteiger partial charge in [0.05, 0.1) is 22.8 Å². The van der Waals surface area contributed by atoms with Crippen molar-refractivity contribution in [1.29, 1.82) is 0 Å². The van der Waals surface area contributed by atoms with Gasteiger partial charge in [-0.05, 0) is 58.7 Å². The van der Waals surface area contributed by atoms with E-state index in [1.807, 2.05) is 72.8 Å². The Labute approximate surface area is 373 Å². The van der Waals surface area contributed by atoms with Gasteiger partial charge in [-0.3, -0.25) is 0 Å². The lowest BCUT2D eigenvalue weighted by Gasteiger charge is -2.35. The van der Waals surface area contributed by atoms with Crippen molar-refractivity contribution in [2.45, 2.75) is 19.3 Å². The minimum atomic E-state index is -0.325. The molecule has 5 nitrogen and oxygen atoms in total. The first-order chi connectivity index (χ1) is 31.4. The van der Waals surface area contributed by atoms with Crippen LogP contribution in [0.4, 0.5) is 0 Å². The van der Waals surface area contributed by atoms with Crippen LogP contribution in [-0.4, -0.2) is 19.9 Å². The molecule has 0 atom stereocenters. The monoisotopic (exact) mass is 822 g/mol. The lowest BCUT2D eigenvalue weighted by molar-refractivity contribution is 0.418. The van der Waals surface area contributed by atoms with Gasteiger partial charge in [0.15, 0.2) is 11.6 Å². The predicted molar refractivity (Wildman–Crippen MR) is 260 cm³/mol. The van der Waals surface area contributed by atoms with Gasteiger partial charge in [0.2, 0.25) is 0 Å². The summed E-state index contributed by atoms with van der Waals surface area (Å²) < 4.78 is 6.61. The van der Waals surface area contributed by atoms with E-state index in [1.165, 1.54) is 0 Å². The average Bonchev–Trinajstić information content (AvgIpc) is 3.37. The van der Waals surface area contributed by atoms with Crippen LogP contribution in [0.2, 0.25) is 0 Å². The third-order valence-corrected chi connectivity index (χ3v) is 12.2. The number of rotatable bonds is 8. The Balaban J connectivity index is 0.879. The van der Waals surface area contributed by atoms with E-state index in [0.29, 0.717) is 11.6 Å².